The van der Waals surface area contributed by atoms with Crippen LogP contribution in [0.5, 0.6) is 0 Å². The van der Waals surface area contributed by atoms with Crippen molar-refractivity contribution in [1.29, 1.82) is 0 Å². The molecule has 1 aromatic carbocycles. The standard InChI is InChI=1S/C14H13BrO2S/c1-8(2)9-3-5-10(6-4-9)12-7-11(15)13(18-12)14(16)17/h3-8H,1-2H3,(H,16,17). The summed E-state index contributed by atoms with van der Waals surface area (Å²) in [5, 5.41) is 9.02. The van der Waals surface area contributed by atoms with Gasteiger partial charge in [-0.15, -0.1) is 11.3 Å². The molecule has 2 rings (SSSR count). The van der Waals surface area contributed by atoms with Gasteiger partial charge in [-0.1, -0.05) is 38.1 Å². The van der Waals surface area contributed by atoms with Gasteiger partial charge in [0, 0.05) is 9.35 Å². The van der Waals surface area contributed by atoms with Crippen molar-refractivity contribution in [2.75, 3.05) is 0 Å². The van der Waals surface area contributed by atoms with Crippen LogP contribution in [0.15, 0.2) is 34.8 Å². The molecular weight excluding hydrogens is 312 g/mol. The van der Waals surface area contributed by atoms with Crippen molar-refractivity contribution in [2.45, 2.75) is 19.8 Å². The first kappa shape index (κ1) is 13.3. The Kier molecular flexibility index (Phi) is 3.88. The number of carboxylic acids is 1. The highest BCUT2D eigenvalue weighted by molar-refractivity contribution is 9.10. The van der Waals surface area contributed by atoms with Gasteiger partial charge in [-0.05, 0) is 39.0 Å². The monoisotopic (exact) mass is 324 g/mol. The lowest BCUT2D eigenvalue weighted by molar-refractivity contribution is 0.0701. The van der Waals surface area contributed by atoms with Gasteiger partial charge >= 0.3 is 5.97 Å². The molecule has 94 valence electrons. The largest absolute Gasteiger partial charge is 0.477 e. The van der Waals surface area contributed by atoms with Gasteiger partial charge in [0.15, 0.2) is 0 Å². The third kappa shape index (κ3) is 2.65. The molecule has 0 aliphatic heterocycles. The van der Waals surface area contributed by atoms with Gasteiger partial charge in [-0.3, -0.25) is 0 Å². The molecule has 0 aliphatic rings. The first-order valence-electron chi connectivity index (χ1n) is 5.62. The summed E-state index contributed by atoms with van der Waals surface area (Å²) in [6.45, 7) is 4.30. The molecule has 0 saturated heterocycles. The van der Waals surface area contributed by atoms with Gasteiger partial charge in [0.05, 0.1) is 0 Å². The predicted octanol–water partition coefficient (Wildman–Crippen LogP) is 5.00. The highest BCUT2D eigenvalue weighted by atomic mass is 79.9. The topological polar surface area (TPSA) is 37.3 Å². The molecule has 0 aliphatic carbocycles. The Bertz CT molecular complexity index is 570. The van der Waals surface area contributed by atoms with Crippen LogP contribution in [0.25, 0.3) is 10.4 Å². The van der Waals surface area contributed by atoms with E-state index in [4.69, 9.17) is 5.11 Å². The number of rotatable bonds is 3. The van der Waals surface area contributed by atoms with E-state index in [0.717, 1.165) is 10.4 Å². The number of benzene rings is 1. The summed E-state index contributed by atoms with van der Waals surface area (Å²) in [6.07, 6.45) is 0. The van der Waals surface area contributed by atoms with Crippen LogP contribution in [-0.2, 0) is 0 Å². The summed E-state index contributed by atoms with van der Waals surface area (Å²) in [6, 6.07) is 10.1. The molecule has 0 unspecified atom stereocenters. The van der Waals surface area contributed by atoms with Gasteiger partial charge < -0.3 is 5.11 Å². The Morgan fingerprint density at radius 2 is 1.89 bits per heavy atom. The van der Waals surface area contributed by atoms with E-state index in [9.17, 15) is 4.79 Å². The van der Waals surface area contributed by atoms with E-state index in [1.165, 1.54) is 16.9 Å². The van der Waals surface area contributed by atoms with Crippen molar-refractivity contribution in [2.24, 2.45) is 0 Å². The van der Waals surface area contributed by atoms with Crippen LogP contribution in [-0.4, -0.2) is 11.1 Å². The molecule has 0 saturated carbocycles. The zero-order valence-electron chi connectivity index (χ0n) is 10.1. The van der Waals surface area contributed by atoms with Gasteiger partial charge in [0.25, 0.3) is 0 Å². The van der Waals surface area contributed by atoms with E-state index >= 15 is 0 Å². The number of halogens is 1. The highest BCUT2D eigenvalue weighted by Crippen LogP contribution is 2.35. The SMILES string of the molecule is CC(C)c1ccc(-c2cc(Br)c(C(=O)O)s2)cc1. The quantitative estimate of drug-likeness (QED) is 0.862. The van der Waals surface area contributed by atoms with Gasteiger partial charge in [0.2, 0.25) is 0 Å². The Labute approximate surface area is 118 Å². The van der Waals surface area contributed by atoms with Crippen molar-refractivity contribution in [3.8, 4) is 10.4 Å². The van der Waals surface area contributed by atoms with E-state index in [2.05, 4.69) is 41.9 Å². The number of carboxylic acid groups (broad SMARTS) is 1. The second kappa shape index (κ2) is 5.24. The summed E-state index contributed by atoms with van der Waals surface area (Å²) >= 11 is 4.57. The Hall–Kier alpha value is -1.13. The van der Waals surface area contributed by atoms with Crippen LogP contribution in [0.1, 0.15) is 35.0 Å². The number of hydrogen-bond acceptors (Lipinski definition) is 2. The first-order chi connectivity index (χ1) is 8.49. The van der Waals surface area contributed by atoms with Gasteiger partial charge in [0.1, 0.15) is 4.88 Å². The molecular formula is C14H13BrO2S. The fourth-order valence-corrected chi connectivity index (χ4v) is 3.38. The lowest BCUT2D eigenvalue weighted by atomic mass is 10.0. The second-order valence-electron chi connectivity index (χ2n) is 4.37. The summed E-state index contributed by atoms with van der Waals surface area (Å²) < 4.78 is 0.642. The minimum absolute atomic E-state index is 0.345. The smallest absolute Gasteiger partial charge is 0.347 e. The molecule has 2 aromatic rings. The molecule has 18 heavy (non-hydrogen) atoms. The number of thiophene rings is 1. The van der Waals surface area contributed by atoms with Crippen molar-refractivity contribution in [1.82, 2.24) is 0 Å². The lowest BCUT2D eigenvalue weighted by Gasteiger charge is -2.05. The third-order valence-corrected chi connectivity index (χ3v) is 4.80. The zero-order chi connectivity index (χ0) is 13.3. The second-order valence-corrected chi connectivity index (χ2v) is 6.28. The van der Waals surface area contributed by atoms with Crippen molar-refractivity contribution >= 4 is 33.2 Å². The summed E-state index contributed by atoms with van der Waals surface area (Å²) in [5.41, 5.74) is 2.34. The van der Waals surface area contributed by atoms with Gasteiger partial charge in [-0.2, -0.15) is 0 Å². The van der Waals surface area contributed by atoms with E-state index in [0.29, 0.717) is 15.3 Å². The van der Waals surface area contributed by atoms with E-state index < -0.39 is 5.97 Å². The van der Waals surface area contributed by atoms with E-state index in [1.807, 2.05) is 18.2 Å². The van der Waals surface area contributed by atoms with Gasteiger partial charge in [-0.25, -0.2) is 4.79 Å². The van der Waals surface area contributed by atoms with Crippen molar-refractivity contribution in [3.05, 3.63) is 45.2 Å². The molecule has 0 amide bonds. The third-order valence-electron chi connectivity index (χ3n) is 2.74. The maximum absolute atomic E-state index is 11.0. The van der Waals surface area contributed by atoms with Crippen LogP contribution >= 0.6 is 27.3 Å². The maximum Gasteiger partial charge on any atom is 0.347 e. The van der Waals surface area contributed by atoms with Crippen molar-refractivity contribution < 1.29 is 9.90 Å². The van der Waals surface area contributed by atoms with Crippen LogP contribution in [0, 0.1) is 0 Å². The Morgan fingerprint density at radius 3 is 2.33 bits per heavy atom. The van der Waals surface area contributed by atoms with E-state index in [1.54, 1.807) is 0 Å². The molecule has 0 atom stereocenters. The summed E-state index contributed by atoms with van der Waals surface area (Å²) in [7, 11) is 0. The molecule has 0 radical (unpaired) electrons. The number of carbonyl (C=O) groups is 1. The van der Waals surface area contributed by atoms with Crippen LogP contribution in [0.3, 0.4) is 0 Å². The summed E-state index contributed by atoms with van der Waals surface area (Å²) in [5.74, 6) is -0.388. The predicted molar refractivity (Wildman–Crippen MR) is 78.5 cm³/mol. The molecule has 1 N–H and O–H groups in total. The molecule has 0 fully saturated rings. The summed E-state index contributed by atoms with van der Waals surface area (Å²) in [4.78, 5) is 12.3. The van der Waals surface area contributed by atoms with Crippen molar-refractivity contribution in [3.63, 3.8) is 0 Å². The Balaban J connectivity index is 2.37. The molecule has 2 nitrogen and oxygen atoms in total. The molecule has 1 heterocycles. The first-order valence-corrected chi connectivity index (χ1v) is 7.23. The molecule has 0 spiro atoms. The minimum atomic E-state index is -0.892. The number of hydrogen-bond donors (Lipinski definition) is 1. The minimum Gasteiger partial charge on any atom is -0.477 e. The fraction of sp³-hybridized carbons (Fsp3) is 0.214. The van der Waals surface area contributed by atoms with Crippen LogP contribution in [0.4, 0.5) is 0 Å². The number of aromatic carboxylic acids is 1. The highest BCUT2D eigenvalue weighted by Gasteiger charge is 2.14. The molecule has 1 aromatic heterocycles. The average Bonchev–Trinajstić information content (AvgIpc) is 2.71. The fourth-order valence-electron chi connectivity index (χ4n) is 1.69. The Morgan fingerprint density at radius 1 is 1.28 bits per heavy atom. The zero-order valence-corrected chi connectivity index (χ0v) is 12.5. The van der Waals surface area contributed by atoms with Crippen LogP contribution < -0.4 is 0 Å². The molecule has 0 bridgehead atoms. The van der Waals surface area contributed by atoms with Crippen LogP contribution in [0.2, 0.25) is 0 Å². The lowest BCUT2D eigenvalue weighted by Crippen LogP contribution is -1.91. The normalized spacial score (nSPS) is 10.9. The average molecular weight is 325 g/mol. The maximum atomic E-state index is 11.0. The van der Waals surface area contributed by atoms with E-state index in [-0.39, 0.29) is 0 Å². The molecule has 4 heteroatoms.